The molecule has 76 heavy (non-hydrogen) atoms. The molecule has 25 nitrogen and oxygen atoms in total. The fraction of sp³-hybridized carbons (Fsp3) is 0.373. The summed E-state index contributed by atoms with van der Waals surface area (Å²) in [5.41, 5.74) is 2.70. The number of esters is 9. The number of nitrogens with zero attached hydrogens (tertiary/aromatic N) is 2. The smallest absolute Gasteiger partial charge is 0.488 e. The number of fused-ring (bicyclic) bond motifs is 2. The summed E-state index contributed by atoms with van der Waals surface area (Å²) in [6.45, 7) is 1.49. The molecule has 3 aromatic rings. The summed E-state index contributed by atoms with van der Waals surface area (Å²) in [5, 5.41) is 0. The molecule has 0 saturated carbocycles. The van der Waals surface area contributed by atoms with Gasteiger partial charge in [-0.3, -0.25) is 47.9 Å². The summed E-state index contributed by atoms with van der Waals surface area (Å²) in [7, 11) is 0. The predicted octanol–water partition coefficient (Wildman–Crippen LogP) is 3.57. The summed E-state index contributed by atoms with van der Waals surface area (Å²) >= 11 is 0. The lowest BCUT2D eigenvalue weighted by molar-refractivity contribution is -0.167. The quantitative estimate of drug-likeness (QED) is 0.0346. The third-order valence-electron chi connectivity index (χ3n) is 10.4. The van der Waals surface area contributed by atoms with Gasteiger partial charge < -0.3 is 71.4 Å². The highest BCUT2D eigenvalue weighted by Crippen LogP contribution is 2.47. The number of rotatable bonds is 27. The van der Waals surface area contributed by atoms with Crippen molar-refractivity contribution >= 4 is 76.5 Å². The Hall–Kier alpha value is -9.16. The first-order valence-corrected chi connectivity index (χ1v) is 23.0. The highest BCUT2D eigenvalue weighted by molar-refractivity contribution is 5.99. The number of carbonyl (C=O) groups is 9. The number of hydrogen-bond acceptors (Lipinski definition) is 24. The molecule has 1 aliphatic carbocycles. The molecule has 0 saturated heterocycles. The Morgan fingerprint density at radius 3 is 1.63 bits per heavy atom. The SMILES string of the molecule is CC(=O)OCOC(=O)CN(CC(=O)OCOC(C)=O)c1ccccc1OCCOc1cc(C2=C3CC(C)C(=O)C=C3Oc3cc(OCOC(C)=O)ccc32)ccc1N(CC(=O)OCOC(C)=O)CC(=[OH+])OCOC(C)=O. The Balaban J connectivity index is 1.54. The van der Waals surface area contributed by atoms with E-state index in [1.807, 2.05) is 0 Å². The minimum Gasteiger partial charge on any atom is -0.488 e. The summed E-state index contributed by atoms with van der Waals surface area (Å²) in [6.07, 6.45) is 1.67. The molecule has 1 aliphatic heterocycles. The van der Waals surface area contributed by atoms with Crippen LogP contribution in [0.2, 0.25) is 0 Å². The van der Waals surface area contributed by atoms with Gasteiger partial charge in [-0.05, 0) is 54.0 Å². The van der Waals surface area contributed by atoms with E-state index in [9.17, 15) is 47.9 Å². The van der Waals surface area contributed by atoms with Gasteiger partial charge in [0.15, 0.2) is 12.3 Å². The van der Waals surface area contributed by atoms with Crippen molar-refractivity contribution in [1.29, 1.82) is 0 Å². The molecule has 25 heteroatoms. The lowest BCUT2D eigenvalue weighted by Crippen LogP contribution is -2.37. The van der Waals surface area contributed by atoms with E-state index in [1.165, 1.54) is 34.9 Å². The fourth-order valence-corrected chi connectivity index (χ4v) is 7.03. The maximum atomic E-state index is 13.3. The lowest BCUT2D eigenvalue weighted by atomic mass is 9.81. The molecule has 0 bridgehead atoms. The van der Waals surface area contributed by atoms with Gasteiger partial charge in [-0.15, -0.1) is 0 Å². The molecule has 0 amide bonds. The van der Waals surface area contributed by atoms with Crippen molar-refractivity contribution in [2.45, 2.75) is 48.0 Å². The first kappa shape index (κ1) is 57.7. The molecule has 3 aromatic carbocycles. The second kappa shape index (κ2) is 28.3. The molecule has 2 aliphatic rings. The number of allylic oxidation sites excluding steroid dienone is 2. The van der Waals surface area contributed by atoms with Crippen LogP contribution in [0.25, 0.3) is 5.57 Å². The van der Waals surface area contributed by atoms with Crippen LogP contribution in [0.15, 0.2) is 78.1 Å². The van der Waals surface area contributed by atoms with Crippen molar-refractivity contribution < 1.29 is 110 Å². The van der Waals surface area contributed by atoms with Crippen molar-refractivity contribution in [1.82, 2.24) is 0 Å². The molecule has 0 fully saturated rings. The van der Waals surface area contributed by atoms with Crippen LogP contribution in [0.4, 0.5) is 11.4 Å². The summed E-state index contributed by atoms with van der Waals surface area (Å²) < 4.78 is 68.8. The second-order valence-corrected chi connectivity index (χ2v) is 16.2. The third kappa shape index (κ3) is 18.1. The van der Waals surface area contributed by atoms with E-state index in [4.69, 9.17) is 61.6 Å². The van der Waals surface area contributed by atoms with Gasteiger partial charge in [0.2, 0.25) is 27.2 Å². The van der Waals surface area contributed by atoms with Gasteiger partial charge in [0.05, 0.1) is 11.4 Å². The van der Waals surface area contributed by atoms with Crippen LogP contribution in [0.5, 0.6) is 23.0 Å². The zero-order valence-electron chi connectivity index (χ0n) is 42.2. The van der Waals surface area contributed by atoms with E-state index in [0.717, 1.165) is 27.7 Å². The number of benzene rings is 3. The average Bonchev–Trinajstić information content (AvgIpc) is 3.34. The van der Waals surface area contributed by atoms with Crippen LogP contribution < -0.4 is 28.7 Å². The molecule has 0 aromatic heterocycles. The molecule has 1 N–H and O–H groups in total. The van der Waals surface area contributed by atoms with E-state index in [0.29, 0.717) is 22.3 Å². The summed E-state index contributed by atoms with van der Waals surface area (Å²) in [5.74, 6) is -6.42. The van der Waals surface area contributed by atoms with Crippen molar-refractivity contribution in [3.05, 3.63) is 89.2 Å². The van der Waals surface area contributed by atoms with Gasteiger partial charge >= 0.3 is 60.5 Å². The van der Waals surface area contributed by atoms with Crippen molar-refractivity contribution in [3.8, 4) is 23.0 Å². The molecular formula is C51H55N2O23+. The van der Waals surface area contributed by atoms with Gasteiger partial charge in [-0.2, -0.15) is 0 Å². The predicted molar refractivity (Wildman–Crippen MR) is 258 cm³/mol. The number of anilines is 2. The Morgan fingerprint density at radius 1 is 0.566 bits per heavy atom. The van der Waals surface area contributed by atoms with Crippen LogP contribution in [0.3, 0.4) is 0 Å². The van der Waals surface area contributed by atoms with Gasteiger partial charge in [0, 0.05) is 63.8 Å². The Bertz CT molecular complexity index is 2680. The van der Waals surface area contributed by atoms with E-state index >= 15 is 0 Å². The summed E-state index contributed by atoms with van der Waals surface area (Å²) in [4.78, 5) is 123. The van der Waals surface area contributed by atoms with Crippen molar-refractivity contribution in [3.63, 3.8) is 0 Å². The lowest BCUT2D eigenvalue weighted by Gasteiger charge is -2.31. The Morgan fingerprint density at radius 2 is 1.07 bits per heavy atom. The number of ketones is 1. The van der Waals surface area contributed by atoms with E-state index in [2.05, 4.69) is 0 Å². The van der Waals surface area contributed by atoms with Gasteiger partial charge in [0.1, 0.15) is 61.6 Å². The normalized spacial score (nSPS) is 13.1. The summed E-state index contributed by atoms with van der Waals surface area (Å²) in [6, 6.07) is 16.1. The minimum absolute atomic E-state index is 0.0653. The highest BCUT2D eigenvalue weighted by Gasteiger charge is 2.34. The molecule has 1 heterocycles. The molecule has 5 rings (SSSR count). The van der Waals surface area contributed by atoms with Crippen LogP contribution in [-0.4, -0.2) is 138 Å². The third-order valence-corrected chi connectivity index (χ3v) is 10.4. The number of para-hydroxylation sites is 2. The van der Waals surface area contributed by atoms with Crippen LogP contribution in [-0.2, 0) is 85.8 Å². The molecule has 0 radical (unpaired) electrons. The van der Waals surface area contributed by atoms with Gasteiger partial charge in [-0.1, -0.05) is 25.1 Å². The maximum Gasteiger partial charge on any atom is 0.506 e. The van der Waals surface area contributed by atoms with E-state index in [1.54, 1.807) is 55.5 Å². The number of ether oxygens (including phenoxy) is 13. The standard InChI is InChI=1S/C51H54N2O23/c1-30-17-39-45(20-42(30)59)76-44-19-37(71-25-66-31(2)54)12-13-38(44)51(39)36-11-14-41(53(23-49(62)74-28-69-34(5)57)24-50(63)75-29-70-35(6)58)46(18-36)65-16-15-64-43-10-8-7-9-40(43)52(21-47(60)72-26-67-32(3)55)22-48(61)73-27-68-33(4)56/h7-14,18-20,30H,15-17,21-29H2,1-6H3/p+1. The van der Waals surface area contributed by atoms with Gasteiger partial charge in [-0.25, -0.2) is 0 Å². The zero-order valence-corrected chi connectivity index (χ0v) is 42.2. The van der Waals surface area contributed by atoms with E-state index in [-0.39, 0.29) is 72.3 Å². The average molecular weight is 1060 g/mol. The van der Waals surface area contributed by atoms with Crippen LogP contribution >= 0.6 is 0 Å². The first-order valence-electron chi connectivity index (χ1n) is 23.0. The Kier molecular flexibility index (Phi) is 21.5. The maximum absolute atomic E-state index is 13.3. The molecule has 1 unspecified atom stereocenters. The second-order valence-electron chi connectivity index (χ2n) is 16.2. The number of carbonyl (C=O) groups excluding carboxylic acids is 10. The minimum atomic E-state index is -0.926. The number of hydrogen-bond donors (Lipinski definition) is 0. The zero-order chi connectivity index (χ0) is 55.3. The van der Waals surface area contributed by atoms with Crippen LogP contribution in [0.1, 0.15) is 59.1 Å². The van der Waals surface area contributed by atoms with Crippen LogP contribution in [0, 0.1) is 5.92 Å². The molecule has 406 valence electrons. The largest absolute Gasteiger partial charge is 0.506 e. The first-order chi connectivity index (χ1) is 36.3. The van der Waals surface area contributed by atoms with Crippen molar-refractivity contribution in [2.24, 2.45) is 5.92 Å². The topological polar surface area (TPSA) is 301 Å². The van der Waals surface area contributed by atoms with Gasteiger partial charge in [0.25, 0.3) is 0 Å². The molecule has 1 atom stereocenters. The van der Waals surface area contributed by atoms with Crippen molar-refractivity contribution in [2.75, 3.05) is 83.2 Å². The Labute approximate surface area is 434 Å². The van der Waals surface area contributed by atoms with E-state index < -0.39 is 113 Å². The molecule has 0 spiro atoms. The highest BCUT2D eigenvalue weighted by atomic mass is 16.7. The monoisotopic (exact) mass is 1060 g/mol. The fourth-order valence-electron chi connectivity index (χ4n) is 7.03. The molecular weight excluding hydrogens is 1010 g/mol.